The van der Waals surface area contributed by atoms with Gasteiger partial charge in [0, 0.05) is 6.54 Å². The van der Waals surface area contributed by atoms with E-state index in [9.17, 15) is 9.59 Å². The molecule has 0 aliphatic carbocycles. The van der Waals surface area contributed by atoms with Gasteiger partial charge in [0.1, 0.15) is 6.61 Å². The van der Waals surface area contributed by atoms with E-state index in [-0.39, 0.29) is 19.1 Å². The van der Waals surface area contributed by atoms with Crippen molar-refractivity contribution in [3.05, 3.63) is 35.9 Å². The zero-order chi connectivity index (χ0) is 13.9. The highest BCUT2D eigenvalue weighted by atomic mass is 16.5. The van der Waals surface area contributed by atoms with Crippen LogP contribution >= 0.6 is 0 Å². The van der Waals surface area contributed by atoms with E-state index in [2.05, 4.69) is 10.6 Å². The van der Waals surface area contributed by atoms with Gasteiger partial charge in [-0.2, -0.15) is 0 Å². The molecule has 1 aromatic rings. The molecule has 0 fully saturated rings. The average Bonchev–Trinajstić information content (AvgIpc) is 2.44. The Morgan fingerprint density at radius 2 is 1.89 bits per heavy atom. The van der Waals surface area contributed by atoms with E-state index >= 15 is 0 Å². The van der Waals surface area contributed by atoms with E-state index in [1.165, 1.54) is 0 Å². The highest BCUT2D eigenvalue weighted by Crippen LogP contribution is 2.00. The number of alkyl carbamates (subject to hydrolysis) is 1. The van der Waals surface area contributed by atoms with Crippen molar-refractivity contribution in [3.8, 4) is 0 Å². The molecule has 0 aromatic heterocycles. The van der Waals surface area contributed by atoms with Gasteiger partial charge in [-0.3, -0.25) is 4.79 Å². The van der Waals surface area contributed by atoms with Crippen molar-refractivity contribution < 1.29 is 14.3 Å². The lowest BCUT2D eigenvalue weighted by atomic mass is 10.2. The largest absolute Gasteiger partial charge is 0.445 e. The third-order valence-corrected chi connectivity index (χ3v) is 2.46. The van der Waals surface area contributed by atoms with E-state index in [1.54, 1.807) is 0 Å². The van der Waals surface area contributed by atoms with Crippen molar-refractivity contribution in [3.63, 3.8) is 0 Å². The minimum atomic E-state index is -0.588. The summed E-state index contributed by atoms with van der Waals surface area (Å²) in [7, 11) is 0. The third kappa shape index (κ3) is 7.08. The van der Waals surface area contributed by atoms with E-state index in [0.29, 0.717) is 6.54 Å². The van der Waals surface area contributed by atoms with Crippen molar-refractivity contribution in [2.45, 2.75) is 26.4 Å². The summed E-state index contributed by atoms with van der Waals surface area (Å²) in [6.45, 7) is 2.82. The summed E-state index contributed by atoms with van der Waals surface area (Å²) in [6, 6.07) is 9.37. The van der Waals surface area contributed by atoms with E-state index < -0.39 is 6.09 Å². The molecule has 0 saturated carbocycles. The van der Waals surface area contributed by atoms with E-state index in [1.807, 2.05) is 37.3 Å². The van der Waals surface area contributed by atoms with Crippen LogP contribution in [0.4, 0.5) is 4.79 Å². The molecule has 0 aliphatic heterocycles. The molecule has 0 atom stereocenters. The Balaban J connectivity index is 2.12. The molecular weight excluding hydrogens is 244 g/mol. The van der Waals surface area contributed by atoms with Crippen LogP contribution < -0.4 is 10.6 Å². The summed E-state index contributed by atoms with van der Waals surface area (Å²) in [5, 5.41) is 5.11. The number of nitrogens with one attached hydrogen (secondary N) is 2. The topological polar surface area (TPSA) is 67.4 Å². The molecular formula is C14H20N2O3. The van der Waals surface area contributed by atoms with Gasteiger partial charge in [-0.15, -0.1) is 0 Å². The summed E-state index contributed by atoms with van der Waals surface area (Å²) >= 11 is 0. The molecule has 2 N–H and O–H groups in total. The zero-order valence-corrected chi connectivity index (χ0v) is 11.1. The number of amides is 2. The van der Waals surface area contributed by atoms with Crippen molar-refractivity contribution in [2.24, 2.45) is 0 Å². The summed E-state index contributed by atoms with van der Waals surface area (Å²) in [4.78, 5) is 22.7. The molecule has 0 heterocycles. The van der Waals surface area contributed by atoms with Crippen molar-refractivity contribution in [2.75, 3.05) is 13.1 Å². The number of benzene rings is 1. The highest BCUT2D eigenvalue weighted by Gasteiger charge is 2.05. The number of rotatable bonds is 7. The Kier molecular flexibility index (Phi) is 7.09. The fourth-order valence-electron chi connectivity index (χ4n) is 1.39. The molecule has 5 heteroatoms. The third-order valence-electron chi connectivity index (χ3n) is 2.46. The van der Waals surface area contributed by atoms with Crippen molar-refractivity contribution in [1.29, 1.82) is 0 Å². The molecule has 0 spiro atoms. The maximum atomic E-state index is 11.3. The van der Waals surface area contributed by atoms with Gasteiger partial charge in [-0.25, -0.2) is 4.79 Å². The van der Waals surface area contributed by atoms with Crippen LogP contribution in [0.2, 0.25) is 0 Å². The summed E-state index contributed by atoms with van der Waals surface area (Å²) in [6.07, 6.45) is 1.37. The van der Waals surface area contributed by atoms with Gasteiger partial charge >= 0.3 is 6.09 Å². The first-order valence-electron chi connectivity index (χ1n) is 6.43. The fraction of sp³-hybridized carbons (Fsp3) is 0.429. The molecule has 2 amide bonds. The number of carbonyl (C=O) groups excluding carboxylic acids is 2. The molecule has 104 valence electrons. The summed E-state index contributed by atoms with van der Waals surface area (Å²) < 4.78 is 4.97. The maximum absolute atomic E-state index is 11.3. The van der Waals surface area contributed by atoms with Crippen molar-refractivity contribution >= 4 is 12.0 Å². The molecule has 0 unspecified atom stereocenters. The molecule has 1 rings (SSSR count). The Morgan fingerprint density at radius 3 is 2.58 bits per heavy atom. The highest BCUT2D eigenvalue weighted by molar-refractivity contribution is 5.82. The number of hydrogen-bond donors (Lipinski definition) is 2. The number of hydrogen-bond acceptors (Lipinski definition) is 3. The van der Waals surface area contributed by atoms with Crippen LogP contribution in [-0.4, -0.2) is 25.1 Å². The van der Waals surface area contributed by atoms with Gasteiger partial charge in [-0.1, -0.05) is 43.7 Å². The first kappa shape index (κ1) is 15.0. The summed E-state index contributed by atoms with van der Waals surface area (Å²) in [5.74, 6) is -0.204. The first-order chi connectivity index (χ1) is 9.22. The Hall–Kier alpha value is -2.04. The van der Waals surface area contributed by atoms with Gasteiger partial charge in [0.2, 0.25) is 5.91 Å². The predicted molar refractivity (Wildman–Crippen MR) is 72.5 cm³/mol. The molecule has 0 radical (unpaired) electrons. The lowest BCUT2D eigenvalue weighted by molar-refractivity contribution is -0.120. The zero-order valence-electron chi connectivity index (χ0n) is 11.1. The van der Waals surface area contributed by atoms with Gasteiger partial charge in [0.25, 0.3) is 0 Å². The van der Waals surface area contributed by atoms with Crippen LogP contribution in [0.25, 0.3) is 0 Å². The minimum Gasteiger partial charge on any atom is -0.445 e. The Labute approximate surface area is 113 Å². The van der Waals surface area contributed by atoms with Crippen molar-refractivity contribution in [1.82, 2.24) is 10.6 Å². The number of carbonyl (C=O) groups is 2. The lowest BCUT2D eigenvalue weighted by Crippen LogP contribution is -2.37. The molecule has 0 bridgehead atoms. The van der Waals surface area contributed by atoms with Gasteiger partial charge in [0.15, 0.2) is 0 Å². The number of unbranched alkanes of at least 4 members (excludes halogenated alkanes) is 1. The van der Waals surface area contributed by atoms with E-state index in [4.69, 9.17) is 4.74 Å². The molecule has 5 nitrogen and oxygen atoms in total. The smallest absolute Gasteiger partial charge is 0.407 e. The minimum absolute atomic E-state index is 0.0582. The second-order valence-corrected chi connectivity index (χ2v) is 4.12. The van der Waals surface area contributed by atoms with Crippen LogP contribution in [-0.2, 0) is 16.1 Å². The van der Waals surface area contributed by atoms with Crippen LogP contribution in [0.1, 0.15) is 25.3 Å². The van der Waals surface area contributed by atoms with Crippen LogP contribution in [0.3, 0.4) is 0 Å². The van der Waals surface area contributed by atoms with Crippen LogP contribution in [0.15, 0.2) is 30.3 Å². The van der Waals surface area contributed by atoms with Crippen LogP contribution in [0, 0.1) is 0 Å². The molecule has 19 heavy (non-hydrogen) atoms. The van der Waals surface area contributed by atoms with Gasteiger partial charge < -0.3 is 15.4 Å². The SMILES string of the molecule is CCCCNC(=O)CNC(=O)OCc1ccccc1. The molecule has 0 aliphatic rings. The molecule has 1 aromatic carbocycles. The van der Waals surface area contributed by atoms with Gasteiger partial charge in [0.05, 0.1) is 6.54 Å². The predicted octanol–water partition coefficient (Wildman–Crippen LogP) is 1.83. The quantitative estimate of drug-likeness (QED) is 0.738. The fourth-order valence-corrected chi connectivity index (χ4v) is 1.39. The Morgan fingerprint density at radius 1 is 1.16 bits per heavy atom. The Bertz CT molecular complexity index is 393. The summed E-state index contributed by atoms with van der Waals surface area (Å²) in [5.41, 5.74) is 0.907. The second kappa shape index (κ2) is 8.97. The standard InChI is InChI=1S/C14H20N2O3/c1-2-3-9-15-13(17)10-16-14(18)19-11-12-7-5-4-6-8-12/h4-8H,2-3,9-11H2,1H3,(H,15,17)(H,16,18). The maximum Gasteiger partial charge on any atom is 0.407 e. The number of ether oxygens (including phenoxy) is 1. The first-order valence-corrected chi connectivity index (χ1v) is 6.43. The second-order valence-electron chi connectivity index (χ2n) is 4.12. The normalized spacial score (nSPS) is 9.74. The monoisotopic (exact) mass is 264 g/mol. The average molecular weight is 264 g/mol. The van der Waals surface area contributed by atoms with E-state index in [0.717, 1.165) is 18.4 Å². The van der Waals surface area contributed by atoms with Crippen LogP contribution in [0.5, 0.6) is 0 Å². The molecule has 0 saturated heterocycles. The van der Waals surface area contributed by atoms with Gasteiger partial charge in [-0.05, 0) is 12.0 Å². The lowest BCUT2D eigenvalue weighted by Gasteiger charge is -2.07.